The van der Waals surface area contributed by atoms with Gasteiger partial charge in [0.05, 0.1) is 12.6 Å². The number of aromatic nitrogens is 1. The van der Waals surface area contributed by atoms with E-state index in [1.807, 2.05) is 13.8 Å². The first-order valence-electron chi connectivity index (χ1n) is 39.4. The number of aliphatic hydroxyl groups is 1. The van der Waals surface area contributed by atoms with Crippen molar-refractivity contribution in [2.24, 2.45) is 79.3 Å². The Hall–Kier alpha value is -10.8. The SMILES string of the molecule is CC[C@H](C)[C@H](NC(=O)[C@H](CC(C)C)NC(=O)[C@H](C)NC(=O)[C@@H]1CCCN1)C(=O)N[C@@H](CO)C(=O)N[C@@H](Cc1c[nH]c2ccccc12)C(=O)N[C@H](C(=O)N[C@@H](CCCCN)C(=O)N[C@@H](CCCN=C(N)N)C(=O)N[C@@H](CCCCN)C(=O)N[C@@H](CCCN=C(N)N)C(=O)N[C@@H](CCC(N)=O)C(=O)N[C@@H](CCC(N)=O)C(N)=O)[C@@H](C)CC. The van der Waals surface area contributed by atoms with E-state index in [2.05, 4.69) is 84.1 Å². The van der Waals surface area contributed by atoms with E-state index in [1.165, 1.54) is 6.92 Å². The van der Waals surface area contributed by atoms with Gasteiger partial charge in [0.15, 0.2) is 11.9 Å². The fraction of sp³-hybridized carbons (Fsp3) is 0.662. The number of para-hydroxylation sites is 1. The van der Waals surface area contributed by atoms with Crippen LogP contribution in [0, 0.1) is 17.8 Å². The maximum absolute atomic E-state index is 15.1. The van der Waals surface area contributed by atoms with E-state index in [0.717, 1.165) is 6.42 Å². The number of nitrogens with two attached hydrogens (primary N) is 9. The molecule has 644 valence electrons. The molecular formula is C74H127N25O16. The Labute approximate surface area is 670 Å². The minimum Gasteiger partial charge on any atom is -0.394 e. The molecule has 1 aliphatic rings. The van der Waals surface area contributed by atoms with Gasteiger partial charge in [-0.2, -0.15) is 0 Å². The molecular weight excluding hydrogens is 1490 g/mol. The maximum atomic E-state index is 15.1. The molecule has 33 N–H and O–H groups in total. The normalized spacial score (nSPS) is 16.1. The molecule has 1 aromatic carbocycles. The summed E-state index contributed by atoms with van der Waals surface area (Å²) in [6.07, 6.45) is 2.60. The highest BCUT2D eigenvalue weighted by Crippen LogP contribution is 2.21. The van der Waals surface area contributed by atoms with Crippen LogP contribution < -0.4 is 121 Å². The number of amides is 15. The quantitative estimate of drug-likeness (QED) is 0.0166. The molecule has 2 heterocycles. The molecule has 3 rings (SSSR count). The number of nitrogens with zero attached hydrogens (tertiary/aromatic N) is 2. The Kier molecular flexibility index (Phi) is 44.3. The number of fused-ring (bicyclic) bond motifs is 1. The van der Waals surface area contributed by atoms with Gasteiger partial charge in [0.25, 0.3) is 0 Å². The zero-order valence-electron chi connectivity index (χ0n) is 67.2. The zero-order valence-corrected chi connectivity index (χ0v) is 67.2. The van der Waals surface area contributed by atoms with Gasteiger partial charge in [-0.1, -0.05) is 72.6 Å². The number of rotatable bonds is 56. The lowest BCUT2D eigenvalue weighted by Crippen LogP contribution is -2.62. The predicted molar refractivity (Wildman–Crippen MR) is 429 cm³/mol. The standard InChI is InChI=1S/C74H127N25O16/c1-8-40(5)58(99-69(112)54(36-43-37-87-45-20-11-10-19-44(43)45)96-70(113)55(38-100)97-72(115)59(41(6)9-2)98-68(111)53(35-39(3)4)95-61(104)42(7)88-62(105)47-23-16-32-84-47)71(114)94-49(22-13-15-31-76)64(107)92-50(24-17-33-85-73(80)81)65(108)90-48(21-12-14-30-75)63(106)91-51(25-18-34-86-74(82)83)66(109)93-52(27-29-57(78)102)67(110)89-46(60(79)103)26-28-56(77)101/h10-11,19-20,37,39-42,46-55,58-59,84,87,100H,8-9,12-18,21-36,38,75-76H2,1-7H3,(H2,77,101)(H2,78,102)(H2,79,103)(H,88,105)(H,89,110)(H,90,108)(H,91,106)(H,92,107)(H,93,109)(H,94,114)(H,95,104)(H,96,113)(H,97,115)(H,98,111)(H,99,112)(H4,80,81,85)(H4,82,83,86)/t40-,41-,42-,46-,47-,48-,49-,50-,51-,52-,53-,54-,55-,58-,59-/m0/s1. The minimum atomic E-state index is -1.75. The molecule has 0 saturated carbocycles. The fourth-order valence-corrected chi connectivity index (χ4v) is 12.5. The molecule has 0 spiro atoms. The lowest BCUT2D eigenvalue weighted by Gasteiger charge is -2.30. The van der Waals surface area contributed by atoms with Crippen molar-refractivity contribution in [3.05, 3.63) is 36.0 Å². The second kappa shape index (κ2) is 51.8. The van der Waals surface area contributed by atoms with E-state index in [4.69, 9.17) is 51.6 Å². The van der Waals surface area contributed by atoms with E-state index < -0.39 is 193 Å². The van der Waals surface area contributed by atoms with Crippen LogP contribution in [0.2, 0.25) is 0 Å². The largest absolute Gasteiger partial charge is 0.394 e. The monoisotopic (exact) mass is 1620 g/mol. The van der Waals surface area contributed by atoms with Gasteiger partial charge in [-0.05, 0) is 152 Å². The Morgan fingerprint density at radius 1 is 0.461 bits per heavy atom. The third-order valence-corrected chi connectivity index (χ3v) is 19.6. The molecule has 0 bridgehead atoms. The van der Waals surface area contributed by atoms with Gasteiger partial charge in [-0.3, -0.25) is 81.9 Å². The number of nitrogens with one attached hydrogen (secondary N) is 14. The number of primary amides is 3. The van der Waals surface area contributed by atoms with Crippen LogP contribution in [0.25, 0.3) is 10.9 Å². The smallest absolute Gasteiger partial charge is 0.245 e. The highest BCUT2D eigenvalue weighted by atomic mass is 16.3. The summed E-state index contributed by atoms with van der Waals surface area (Å²) < 4.78 is 0. The van der Waals surface area contributed by atoms with Gasteiger partial charge in [-0.15, -0.1) is 0 Å². The van der Waals surface area contributed by atoms with Crippen molar-refractivity contribution in [1.29, 1.82) is 0 Å². The first-order valence-corrected chi connectivity index (χ1v) is 39.4. The van der Waals surface area contributed by atoms with Gasteiger partial charge < -0.3 is 131 Å². The van der Waals surface area contributed by atoms with Crippen molar-refractivity contribution in [2.75, 3.05) is 39.3 Å². The summed E-state index contributed by atoms with van der Waals surface area (Å²) in [6, 6.07) is -10.7. The second-order valence-corrected chi connectivity index (χ2v) is 29.4. The first-order chi connectivity index (χ1) is 54.5. The van der Waals surface area contributed by atoms with Crippen LogP contribution in [0.15, 0.2) is 40.4 Å². The van der Waals surface area contributed by atoms with Crippen molar-refractivity contribution in [3.8, 4) is 0 Å². The molecule has 1 aromatic heterocycles. The number of aliphatic imine (C=N–C) groups is 2. The van der Waals surface area contributed by atoms with Crippen LogP contribution in [-0.4, -0.2) is 228 Å². The molecule has 15 atom stereocenters. The van der Waals surface area contributed by atoms with Gasteiger partial charge in [0.2, 0.25) is 88.6 Å². The molecule has 0 unspecified atom stereocenters. The Bertz CT molecular complexity index is 3620. The van der Waals surface area contributed by atoms with E-state index in [-0.39, 0.29) is 133 Å². The Morgan fingerprint density at radius 2 is 0.852 bits per heavy atom. The molecule has 1 fully saturated rings. The van der Waals surface area contributed by atoms with Crippen LogP contribution in [0.3, 0.4) is 0 Å². The maximum Gasteiger partial charge on any atom is 0.245 e. The van der Waals surface area contributed by atoms with Crippen LogP contribution >= 0.6 is 0 Å². The molecule has 115 heavy (non-hydrogen) atoms. The number of hydrogen-bond acceptors (Lipinski definition) is 21. The topological polar surface area (TPSA) is 707 Å². The number of unbranched alkanes of at least 4 members (excludes halogenated alkanes) is 2. The van der Waals surface area contributed by atoms with Crippen LogP contribution in [0.1, 0.15) is 176 Å². The molecule has 1 saturated heterocycles. The molecule has 2 aromatic rings. The summed E-state index contributed by atoms with van der Waals surface area (Å²) in [5.74, 6) is -15.0. The first kappa shape index (κ1) is 98.4. The van der Waals surface area contributed by atoms with Gasteiger partial charge in [0, 0.05) is 49.5 Å². The number of hydrogen-bond donors (Lipinski definition) is 24. The number of benzene rings is 1. The van der Waals surface area contributed by atoms with Crippen molar-refractivity contribution >= 4 is 111 Å². The number of carbonyl (C=O) groups excluding carboxylic acids is 15. The van der Waals surface area contributed by atoms with Crippen LogP contribution in [0.4, 0.5) is 0 Å². The van der Waals surface area contributed by atoms with Gasteiger partial charge in [0.1, 0.15) is 72.5 Å². The zero-order chi connectivity index (χ0) is 86.0. The second-order valence-electron chi connectivity index (χ2n) is 29.4. The third kappa shape index (κ3) is 35.6. The predicted octanol–water partition coefficient (Wildman–Crippen LogP) is -6.19. The molecule has 0 aliphatic carbocycles. The van der Waals surface area contributed by atoms with Crippen molar-refractivity contribution < 1.29 is 77.0 Å². The van der Waals surface area contributed by atoms with E-state index in [9.17, 15) is 67.4 Å². The average molecular weight is 1620 g/mol. The lowest BCUT2D eigenvalue weighted by atomic mass is 9.96. The number of aromatic amines is 1. The summed E-state index contributed by atoms with van der Waals surface area (Å²) in [6.45, 7) is 11.8. The summed E-state index contributed by atoms with van der Waals surface area (Å²) in [5.41, 5.74) is 51.5. The molecule has 41 nitrogen and oxygen atoms in total. The van der Waals surface area contributed by atoms with Crippen LogP contribution in [0.5, 0.6) is 0 Å². The molecule has 41 heteroatoms. The number of H-pyrrole nitrogens is 1. The Balaban J connectivity index is 2.04. The van der Waals surface area contributed by atoms with Crippen LogP contribution in [-0.2, 0) is 78.3 Å². The molecule has 1 aliphatic heterocycles. The highest BCUT2D eigenvalue weighted by molar-refractivity contribution is 6.00. The van der Waals surface area contributed by atoms with Gasteiger partial charge in [-0.25, -0.2) is 0 Å². The number of guanidine groups is 2. The highest BCUT2D eigenvalue weighted by Gasteiger charge is 2.39. The number of aliphatic hydroxyl groups excluding tert-OH is 1. The minimum absolute atomic E-state index is 0.0348. The summed E-state index contributed by atoms with van der Waals surface area (Å²) >= 11 is 0. The van der Waals surface area contributed by atoms with Crippen molar-refractivity contribution in [1.82, 2.24) is 74.1 Å². The summed E-state index contributed by atoms with van der Waals surface area (Å²) in [4.78, 5) is 219. The fourth-order valence-electron chi connectivity index (χ4n) is 12.5. The lowest BCUT2D eigenvalue weighted by molar-refractivity contribution is -0.137. The Morgan fingerprint density at radius 3 is 1.27 bits per heavy atom. The number of carbonyl (C=O) groups is 15. The molecule has 0 radical (unpaired) electrons. The van der Waals surface area contributed by atoms with Crippen molar-refractivity contribution in [3.63, 3.8) is 0 Å². The van der Waals surface area contributed by atoms with E-state index in [0.29, 0.717) is 48.7 Å². The van der Waals surface area contributed by atoms with Gasteiger partial charge >= 0.3 is 0 Å². The summed E-state index contributed by atoms with van der Waals surface area (Å²) in [7, 11) is 0. The molecule has 15 amide bonds. The average Bonchev–Trinajstić information content (AvgIpc) is 1.73. The van der Waals surface area contributed by atoms with E-state index >= 15 is 9.59 Å². The summed E-state index contributed by atoms with van der Waals surface area (Å²) in [5, 5.41) is 46.3. The third-order valence-electron chi connectivity index (χ3n) is 19.6. The van der Waals surface area contributed by atoms with E-state index in [1.54, 1.807) is 58.2 Å². The van der Waals surface area contributed by atoms with Crippen molar-refractivity contribution in [2.45, 2.75) is 255 Å².